The number of ether oxygens (including phenoxy) is 2. The summed E-state index contributed by atoms with van der Waals surface area (Å²) in [6.07, 6.45) is 1.03. The molecule has 0 aliphatic heterocycles. The highest BCUT2D eigenvalue weighted by atomic mass is 32.2. The Balaban J connectivity index is 2.33. The van der Waals surface area contributed by atoms with Gasteiger partial charge in [-0.3, -0.25) is 9.10 Å². The van der Waals surface area contributed by atoms with E-state index in [1.807, 2.05) is 0 Å². The van der Waals surface area contributed by atoms with Gasteiger partial charge in [0.15, 0.2) is 0 Å². The number of benzene rings is 2. The van der Waals surface area contributed by atoms with Gasteiger partial charge in [-0.15, -0.1) is 0 Å². The van der Waals surface area contributed by atoms with Crippen molar-refractivity contribution in [1.82, 2.24) is 0 Å². The van der Waals surface area contributed by atoms with Gasteiger partial charge in [-0.1, -0.05) is 6.07 Å². The third kappa shape index (κ3) is 5.26. The number of methoxy groups -OCH3 is 2. The van der Waals surface area contributed by atoms with Crippen molar-refractivity contribution in [3.05, 3.63) is 53.6 Å². The number of nitrogens with zero attached hydrogens (tertiary/aromatic N) is 1. The van der Waals surface area contributed by atoms with Crippen LogP contribution in [-0.2, 0) is 19.6 Å². The molecule has 0 bridgehead atoms. The standard InChI is InChI=1S/C20H24N2O6S/c1-13-6-7-15(20(24)28-4)12-18(13)21-19(23)14(2)22(29(5,25)26)16-8-10-17(27-3)11-9-16/h6-12,14H,1-5H3,(H,21,23). The first-order valence-corrected chi connectivity index (χ1v) is 10.6. The maximum absolute atomic E-state index is 12.8. The third-order valence-electron chi connectivity index (χ3n) is 4.33. The predicted octanol–water partition coefficient (Wildman–Crippen LogP) is 2.58. The number of rotatable bonds is 7. The van der Waals surface area contributed by atoms with Crippen molar-refractivity contribution in [2.75, 3.05) is 30.1 Å². The average Bonchev–Trinajstić information content (AvgIpc) is 2.68. The molecule has 0 heterocycles. The Kier molecular flexibility index (Phi) is 6.86. The van der Waals surface area contributed by atoms with Crippen LogP contribution >= 0.6 is 0 Å². The molecule has 0 fully saturated rings. The van der Waals surface area contributed by atoms with Crippen LogP contribution in [0.4, 0.5) is 11.4 Å². The van der Waals surface area contributed by atoms with Crippen LogP contribution in [0.15, 0.2) is 42.5 Å². The summed E-state index contributed by atoms with van der Waals surface area (Å²) in [5.41, 5.74) is 1.72. The number of esters is 1. The van der Waals surface area contributed by atoms with E-state index in [0.29, 0.717) is 22.7 Å². The molecule has 8 nitrogen and oxygen atoms in total. The van der Waals surface area contributed by atoms with Gasteiger partial charge in [-0.25, -0.2) is 13.2 Å². The first kappa shape index (κ1) is 22.2. The number of sulfonamides is 1. The largest absolute Gasteiger partial charge is 0.497 e. The molecule has 0 saturated heterocycles. The minimum absolute atomic E-state index is 0.274. The quantitative estimate of drug-likeness (QED) is 0.691. The molecular weight excluding hydrogens is 396 g/mol. The van der Waals surface area contributed by atoms with Crippen molar-refractivity contribution in [2.24, 2.45) is 0 Å². The van der Waals surface area contributed by atoms with Crippen LogP contribution in [-0.4, -0.2) is 46.8 Å². The van der Waals surface area contributed by atoms with E-state index >= 15 is 0 Å². The maximum Gasteiger partial charge on any atom is 0.337 e. The molecule has 156 valence electrons. The van der Waals surface area contributed by atoms with E-state index in [-0.39, 0.29) is 5.56 Å². The molecule has 9 heteroatoms. The summed E-state index contributed by atoms with van der Waals surface area (Å²) in [6, 6.07) is 10.1. The zero-order valence-electron chi connectivity index (χ0n) is 16.9. The summed E-state index contributed by atoms with van der Waals surface area (Å²) in [5.74, 6) is -0.518. The van der Waals surface area contributed by atoms with Gasteiger partial charge < -0.3 is 14.8 Å². The van der Waals surface area contributed by atoms with E-state index in [2.05, 4.69) is 5.32 Å². The van der Waals surface area contributed by atoms with Crippen molar-refractivity contribution in [1.29, 1.82) is 0 Å². The topological polar surface area (TPSA) is 102 Å². The molecule has 0 radical (unpaired) electrons. The molecule has 0 saturated carbocycles. The fraction of sp³-hybridized carbons (Fsp3) is 0.300. The number of carbonyl (C=O) groups is 2. The number of aryl methyl sites for hydroxylation is 1. The van der Waals surface area contributed by atoms with Crippen LogP contribution in [0.2, 0.25) is 0 Å². The Morgan fingerprint density at radius 2 is 1.69 bits per heavy atom. The summed E-state index contributed by atoms with van der Waals surface area (Å²) in [7, 11) is -0.983. The van der Waals surface area contributed by atoms with Crippen LogP contribution in [0.5, 0.6) is 5.75 Å². The molecule has 0 aromatic heterocycles. The Morgan fingerprint density at radius 1 is 1.07 bits per heavy atom. The lowest BCUT2D eigenvalue weighted by Crippen LogP contribution is -2.45. The second kappa shape index (κ2) is 8.95. The van der Waals surface area contributed by atoms with Crippen LogP contribution in [0.3, 0.4) is 0 Å². The van der Waals surface area contributed by atoms with Gasteiger partial charge in [0.1, 0.15) is 11.8 Å². The molecule has 2 rings (SSSR count). The number of anilines is 2. The van der Waals surface area contributed by atoms with Crippen LogP contribution < -0.4 is 14.4 Å². The zero-order chi connectivity index (χ0) is 21.8. The number of amides is 1. The molecule has 0 aliphatic rings. The summed E-state index contributed by atoms with van der Waals surface area (Å²) >= 11 is 0. The molecule has 0 spiro atoms. The maximum atomic E-state index is 12.8. The molecule has 1 unspecified atom stereocenters. The molecular formula is C20H24N2O6S. The molecule has 1 N–H and O–H groups in total. The van der Waals surface area contributed by atoms with Crippen LogP contribution in [0.1, 0.15) is 22.8 Å². The SMILES string of the molecule is COC(=O)c1ccc(C)c(NC(=O)C(C)N(c2ccc(OC)cc2)S(C)(=O)=O)c1. The van der Waals surface area contributed by atoms with E-state index in [4.69, 9.17) is 9.47 Å². The van der Waals surface area contributed by atoms with Crippen LogP contribution in [0, 0.1) is 6.92 Å². The van der Waals surface area contributed by atoms with Crippen molar-refractivity contribution in [2.45, 2.75) is 19.9 Å². The van der Waals surface area contributed by atoms with E-state index in [1.165, 1.54) is 27.2 Å². The fourth-order valence-electron chi connectivity index (χ4n) is 2.78. The van der Waals surface area contributed by atoms with Crippen molar-refractivity contribution in [3.63, 3.8) is 0 Å². The van der Waals surface area contributed by atoms with E-state index < -0.39 is 27.9 Å². The minimum atomic E-state index is -3.75. The predicted molar refractivity (Wildman–Crippen MR) is 111 cm³/mol. The zero-order valence-corrected chi connectivity index (χ0v) is 17.7. The smallest absolute Gasteiger partial charge is 0.337 e. The minimum Gasteiger partial charge on any atom is -0.497 e. The van der Waals surface area contributed by atoms with E-state index in [0.717, 1.165) is 10.6 Å². The highest BCUT2D eigenvalue weighted by molar-refractivity contribution is 7.92. The molecule has 2 aromatic carbocycles. The molecule has 1 amide bonds. The fourth-order valence-corrected chi connectivity index (χ4v) is 3.95. The van der Waals surface area contributed by atoms with E-state index in [9.17, 15) is 18.0 Å². The second-order valence-corrected chi connectivity index (χ2v) is 8.30. The lowest BCUT2D eigenvalue weighted by atomic mass is 10.1. The van der Waals surface area contributed by atoms with Gasteiger partial charge in [-0.2, -0.15) is 0 Å². The highest BCUT2D eigenvalue weighted by Gasteiger charge is 2.29. The van der Waals surface area contributed by atoms with Gasteiger partial charge in [0, 0.05) is 5.69 Å². The summed E-state index contributed by atoms with van der Waals surface area (Å²) in [5, 5.41) is 2.70. The van der Waals surface area contributed by atoms with Gasteiger partial charge in [-0.05, 0) is 55.8 Å². The number of nitrogens with one attached hydrogen (secondary N) is 1. The monoisotopic (exact) mass is 420 g/mol. The molecule has 2 aromatic rings. The summed E-state index contributed by atoms with van der Waals surface area (Å²) in [4.78, 5) is 24.6. The number of carbonyl (C=O) groups excluding carboxylic acids is 2. The Morgan fingerprint density at radius 3 is 2.21 bits per heavy atom. The average molecular weight is 420 g/mol. The molecule has 1 atom stereocenters. The highest BCUT2D eigenvalue weighted by Crippen LogP contribution is 2.25. The Labute approximate surface area is 170 Å². The van der Waals surface area contributed by atoms with Crippen molar-refractivity contribution >= 4 is 33.3 Å². The second-order valence-electron chi connectivity index (χ2n) is 6.44. The first-order chi connectivity index (χ1) is 13.6. The Hall–Kier alpha value is -3.07. The summed E-state index contributed by atoms with van der Waals surface area (Å²) < 4.78 is 35.6. The van der Waals surface area contributed by atoms with Crippen molar-refractivity contribution < 1.29 is 27.5 Å². The van der Waals surface area contributed by atoms with E-state index in [1.54, 1.807) is 43.3 Å². The third-order valence-corrected chi connectivity index (χ3v) is 5.57. The number of hydrogen-bond acceptors (Lipinski definition) is 6. The lowest BCUT2D eigenvalue weighted by molar-refractivity contribution is -0.116. The van der Waals surface area contributed by atoms with Gasteiger partial charge in [0.25, 0.3) is 0 Å². The van der Waals surface area contributed by atoms with Crippen LogP contribution in [0.25, 0.3) is 0 Å². The normalized spacial score (nSPS) is 12.0. The molecule has 0 aliphatic carbocycles. The van der Waals surface area contributed by atoms with Gasteiger partial charge in [0.05, 0.1) is 31.7 Å². The Bertz CT molecular complexity index is 1000. The van der Waals surface area contributed by atoms with Gasteiger partial charge in [0.2, 0.25) is 15.9 Å². The van der Waals surface area contributed by atoms with Gasteiger partial charge >= 0.3 is 5.97 Å². The lowest BCUT2D eigenvalue weighted by Gasteiger charge is -2.28. The first-order valence-electron chi connectivity index (χ1n) is 8.71. The summed E-state index contributed by atoms with van der Waals surface area (Å²) in [6.45, 7) is 3.25. The molecule has 29 heavy (non-hydrogen) atoms. The number of hydrogen-bond donors (Lipinski definition) is 1. The van der Waals surface area contributed by atoms with Crippen molar-refractivity contribution in [3.8, 4) is 5.75 Å².